The van der Waals surface area contributed by atoms with Gasteiger partial charge in [0.1, 0.15) is 5.82 Å². The number of ether oxygens (including phenoxy) is 1. The minimum absolute atomic E-state index is 0.0446. The molecule has 3 atom stereocenters. The van der Waals surface area contributed by atoms with Crippen LogP contribution in [-0.2, 0) is 22.7 Å². The van der Waals surface area contributed by atoms with E-state index in [1.165, 1.54) is 29.2 Å². The molecule has 1 aliphatic heterocycles. The quantitative estimate of drug-likeness (QED) is 0.684. The molecule has 0 unspecified atom stereocenters. The Labute approximate surface area is 198 Å². The van der Waals surface area contributed by atoms with Gasteiger partial charge >= 0.3 is 6.03 Å². The van der Waals surface area contributed by atoms with Crippen molar-refractivity contribution in [3.8, 4) is 0 Å². The summed E-state index contributed by atoms with van der Waals surface area (Å²) in [7, 11) is 1.65. The van der Waals surface area contributed by atoms with E-state index in [9.17, 15) is 19.1 Å². The van der Waals surface area contributed by atoms with Gasteiger partial charge < -0.3 is 25.0 Å². The summed E-state index contributed by atoms with van der Waals surface area (Å²) in [5.74, 6) is -0.564. The molecule has 3 rings (SSSR count). The van der Waals surface area contributed by atoms with Gasteiger partial charge in [-0.25, -0.2) is 13.9 Å². The molecule has 0 saturated heterocycles. The lowest BCUT2D eigenvalue weighted by Gasteiger charge is -2.35. The molecular formula is C23H33FN6O4. The number of amides is 3. The van der Waals surface area contributed by atoms with Crippen LogP contribution in [0.15, 0.2) is 30.5 Å². The fraction of sp³-hybridized carbons (Fsp3) is 0.565. The Hall–Kier alpha value is -3.05. The van der Waals surface area contributed by atoms with Crippen molar-refractivity contribution < 1.29 is 23.8 Å². The third-order valence-electron chi connectivity index (χ3n) is 6.04. The maximum absolute atomic E-state index is 13.2. The number of carbonyl (C=O) groups is 2. The Morgan fingerprint density at radius 2 is 2.12 bits per heavy atom. The number of nitrogens with zero attached hydrogens (tertiary/aromatic N) is 5. The van der Waals surface area contributed by atoms with E-state index < -0.39 is 6.10 Å². The van der Waals surface area contributed by atoms with Crippen LogP contribution in [0.5, 0.6) is 0 Å². The monoisotopic (exact) mass is 476 g/mol. The molecule has 3 amide bonds. The molecule has 1 aromatic carbocycles. The smallest absolute Gasteiger partial charge is 0.321 e. The van der Waals surface area contributed by atoms with E-state index in [0.717, 1.165) is 5.69 Å². The highest BCUT2D eigenvalue weighted by Crippen LogP contribution is 2.19. The number of halogens is 1. The van der Waals surface area contributed by atoms with Crippen molar-refractivity contribution in [3.05, 3.63) is 42.0 Å². The Morgan fingerprint density at radius 3 is 2.82 bits per heavy atom. The van der Waals surface area contributed by atoms with Crippen LogP contribution < -0.4 is 5.32 Å². The lowest BCUT2D eigenvalue weighted by molar-refractivity contribution is -0.136. The number of aliphatic hydroxyl groups is 1. The van der Waals surface area contributed by atoms with Crippen molar-refractivity contribution >= 4 is 17.6 Å². The van der Waals surface area contributed by atoms with Gasteiger partial charge in [-0.15, -0.1) is 5.10 Å². The summed E-state index contributed by atoms with van der Waals surface area (Å²) in [6.07, 6.45) is 2.17. The molecule has 0 fully saturated rings. The summed E-state index contributed by atoms with van der Waals surface area (Å²) in [5.41, 5.74) is 1.28. The van der Waals surface area contributed by atoms with E-state index >= 15 is 0 Å². The number of aryl methyl sites for hydroxylation is 1. The molecule has 0 saturated carbocycles. The van der Waals surface area contributed by atoms with E-state index in [-0.39, 0.29) is 49.5 Å². The lowest BCUT2D eigenvalue weighted by atomic mass is 10.0. The molecule has 2 N–H and O–H groups in total. The normalized spacial score (nSPS) is 20.6. The maximum atomic E-state index is 13.2. The topological polar surface area (TPSA) is 113 Å². The zero-order valence-corrected chi connectivity index (χ0v) is 19.9. The van der Waals surface area contributed by atoms with Gasteiger partial charge in [0.05, 0.1) is 37.3 Å². The van der Waals surface area contributed by atoms with Crippen molar-refractivity contribution in [1.29, 1.82) is 0 Å². The number of aromatic nitrogens is 3. The number of nitrogens with one attached hydrogen (secondary N) is 1. The van der Waals surface area contributed by atoms with E-state index in [0.29, 0.717) is 31.6 Å². The minimum atomic E-state index is -0.409. The number of hydrogen-bond donors (Lipinski definition) is 2. The molecule has 0 radical (unpaired) electrons. The number of anilines is 1. The first-order valence-electron chi connectivity index (χ1n) is 11.5. The van der Waals surface area contributed by atoms with Gasteiger partial charge in [-0.1, -0.05) is 12.1 Å². The predicted molar refractivity (Wildman–Crippen MR) is 123 cm³/mol. The third-order valence-corrected chi connectivity index (χ3v) is 6.04. The van der Waals surface area contributed by atoms with Gasteiger partial charge in [0, 0.05) is 44.7 Å². The molecule has 11 heteroatoms. The fourth-order valence-electron chi connectivity index (χ4n) is 3.85. The average molecular weight is 477 g/mol. The summed E-state index contributed by atoms with van der Waals surface area (Å²) in [6, 6.07) is 4.84. The maximum Gasteiger partial charge on any atom is 0.321 e. The Balaban J connectivity index is 1.76. The van der Waals surface area contributed by atoms with Crippen molar-refractivity contribution in [2.24, 2.45) is 5.92 Å². The summed E-state index contributed by atoms with van der Waals surface area (Å²) >= 11 is 0. The first-order chi connectivity index (χ1) is 16.3. The number of aliphatic hydroxyl groups excluding tert-OH is 1. The summed E-state index contributed by atoms with van der Waals surface area (Å²) in [4.78, 5) is 28.8. The van der Waals surface area contributed by atoms with Gasteiger partial charge in [-0.2, -0.15) is 0 Å². The molecular weight excluding hydrogens is 443 g/mol. The van der Waals surface area contributed by atoms with Crippen molar-refractivity contribution in [3.63, 3.8) is 0 Å². The number of carbonyl (C=O) groups excluding carboxylic acids is 2. The van der Waals surface area contributed by atoms with Gasteiger partial charge in [-0.3, -0.25) is 4.79 Å². The highest BCUT2D eigenvalue weighted by molar-refractivity contribution is 5.89. The second-order valence-electron chi connectivity index (χ2n) is 8.77. The summed E-state index contributed by atoms with van der Waals surface area (Å²) in [5, 5.41) is 20.5. The standard InChI is InChI=1S/C23H33FN6O4/c1-16-12-29(17(2)14-31)22(32)5-4-10-30-20(11-25-27-30)15-34-21(16)13-28(3)23(33)26-19-8-6-18(24)7-9-19/h6-9,11,16-17,21,31H,4-5,10,12-15H2,1-3H3,(H,26,33)/t16-,17-,21-/m1/s1. The zero-order chi connectivity index (χ0) is 24.7. The van der Waals surface area contributed by atoms with Gasteiger partial charge in [0.15, 0.2) is 0 Å². The Kier molecular flexibility index (Phi) is 8.94. The molecule has 0 spiro atoms. The number of benzene rings is 1. The van der Waals surface area contributed by atoms with Gasteiger partial charge in [0.25, 0.3) is 0 Å². The predicted octanol–water partition coefficient (Wildman–Crippen LogP) is 2.11. The van der Waals surface area contributed by atoms with E-state index in [1.807, 2.05) is 13.8 Å². The molecule has 0 bridgehead atoms. The molecule has 2 heterocycles. The highest BCUT2D eigenvalue weighted by Gasteiger charge is 2.29. The molecule has 0 aliphatic carbocycles. The average Bonchev–Trinajstić information content (AvgIpc) is 3.27. The molecule has 1 aromatic heterocycles. The van der Waals surface area contributed by atoms with Crippen LogP contribution in [0.3, 0.4) is 0 Å². The second-order valence-corrected chi connectivity index (χ2v) is 8.77. The van der Waals surface area contributed by atoms with Crippen LogP contribution in [0.2, 0.25) is 0 Å². The second kappa shape index (κ2) is 11.9. The number of fused-ring (bicyclic) bond motifs is 1. The fourth-order valence-corrected chi connectivity index (χ4v) is 3.85. The van der Waals surface area contributed by atoms with Crippen LogP contribution in [0, 0.1) is 11.7 Å². The molecule has 2 aromatic rings. The first kappa shape index (κ1) is 25.6. The Bertz CT molecular complexity index is 953. The van der Waals surface area contributed by atoms with E-state index in [2.05, 4.69) is 15.6 Å². The molecule has 10 nitrogen and oxygen atoms in total. The minimum Gasteiger partial charge on any atom is -0.394 e. The molecule has 186 valence electrons. The molecule has 34 heavy (non-hydrogen) atoms. The van der Waals surface area contributed by atoms with Crippen molar-refractivity contribution in [2.75, 3.05) is 32.1 Å². The lowest BCUT2D eigenvalue weighted by Crippen LogP contribution is -2.48. The first-order valence-corrected chi connectivity index (χ1v) is 11.5. The third kappa shape index (κ3) is 6.73. The summed E-state index contributed by atoms with van der Waals surface area (Å²) < 4.78 is 21.1. The van der Waals surface area contributed by atoms with Crippen molar-refractivity contribution in [2.45, 2.75) is 52.0 Å². The molecule has 1 aliphatic rings. The van der Waals surface area contributed by atoms with E-state index in [1.54, 1.807) is 22.8 Å². The van der Waals surface area contributed by atoms with Crippen LogP contribution in [-0.4, -0.2) is 80.7 Å². The van der Waals surface area contributed by atoms with Gasteiger partial charge in [-0.05, 0) is 37.6 Å². The SMILES string of the molecule is C[C@@H]1CN([C@H](C)CO)C(=O)CCCn2nncc2CO[C@@H]1CN(C)C(=O)Nc1ccc(F)cc1. The van der Waals surface area contributed by atoms with Crippen LogP contribution >= 0.6 is 0 Å². The number of hydrogen-bond acceptors (Lipinski definition) is 6. The number of rotatable bonds is 5. The number of urea groups is 1. The van der Waals surface area contributed by atoms with Crippen LogP contribution in [0.25, 0.3) is 0 Å². The van der Waals surface area contributed by atoms with Crippen LogP contribution in [0.4, 0.5) is 14.9 Å². The highest BCUT2D eigenvalue weighted by atomic mass is 19.1. The van der Waals surface area contributed by atoms with Gasteiger partial charge in [0.2, 0.25) is 5.91 Å². The Morgan fingerprint density at radius 1 is 1.38 bits per heavy atom. The van der Waals surface area contributed by atoms with Crippen LogP contribution in [0.1, 0.15) is 32.4 Å². The van der Waals surface area contributed by atoms with Crippen molar-refractivity contribution in [1.82, 2.24) is 24.8 Å². The largest absolute Gasteiger partial charge is 0.394 e. The number of likely N-dealkylation sites (N-methyl/N-ethyl adjacent to an activating group) is 1. The summed E-state index contributed by atoms with van der Waals surface area (Å²) in [6.45, 7) is 5.07. The zero-order valence-electron chi connectivity index (χ0n) is 19.9. The van der Waals surface area contributed by atoms with E-state index in [4.69, 9.17) is 4.74 Å².